The van der Waals surface area contributed by atoms with Gasteiger partial charge in [-0.3, -0.25) is 4.68 Å². The molecule has 2 rings (SSSR count). The third-order valence-corrected chi connectivity index (χ3v) is 3.91. The Bertz CT molecular complexity index is 920. The van der Waals surface area contributed by atoms with E-state index in [-0.39, 0.29) is 30.0 Å². The quantitative estimate of drug-likeness (QED) is 0.617. The fraction of sp³-hybridized carbons (Fsp3) is 0.389. The molecule has 154 valence electrons. The van der Waals surface area contributed by atoms with Gasteiger partial charge in [-0.25, -0.2) is 14.6 Å². The van der Waals surface area contributed by atoms with Gasteiger partial charge in [0.05, 0.1) is 44.3 Å². The van der Waals surface area contributed by atoms with Crippen LogP contribution in [0.25, 0.3) is 11.3 Å². The van der Waals surface area contributed by atoms with Gasteiger partial charge in [-0.15, -0.1) is 0 Å². The van der Waals surface area contributed by atoms with Gasteiger partial charge in [0.15, 0.2) is 0 Å². The third-order valence-electron chi connectivity index (χ3n) is 3.91. The fourth-order valence-corrected chi connectivity index (χ4v) is 2.59. The number of nitrogens with one attached hydrogen (secondary N) is 2. The normalized spacial score (nSPS) is 11.3. The van der Waals surface area contributed by atoms with Crippen molar-refractivity contribution in [3.05, 3.63) is 29.6 Å². The number of aromatic nitrogens is 3. The van der Waals surface area contributed by atoms with Gasteiger partial charge < -0.3 is 24.8 Å². The molecule has 0 spiro atoms. The molecular formula is C18H22N6O5. The Morgan fingerprint density at radius 1 is 1.31 bits per heavy atom. The zero-order valence-electron chi connectivity index (χ0n) is 16.6. The SMILES string of the molecule is COC[C@@H](CNc1cc(C#N)c(C(=O)OC)c(-c2cnn(C)c2)n1)NC(=O)OC. The van der Waals surface area contributed by atoms with E-state index >= 15 is 0 Å². The van der Waals surface area contributed by atoms with Gasteiger partial charge >= 0.3 is 12.1 Å². The number of nitrogens with zero attached hydrogens (tertiary/aromatic N) is 4. The second kappa shape index (κ2) is 10.0. The van der Waals surface area contributed by atoms with E-state index < -0.39 is 18.1 Å². The molecule has 11 nitrogen and oxygen atoms in total. The fourth-order valence-electron chi connectivity index (χ4n) is 2.59. The van der Waals surface area contributed by atoms with Crippen molar-refractivity contribution in [3.63, 3.8) is 0 Å². The second-order valence-corrected chi connectivity index (χ2v) is 5.95. The largest absolute Gasteiger partial charge is 0.465 e. The first-order valence-corrected chi connectivity index (χ1v) is 8.53. The van der Waals surface area contributed by atoms with Crippen molar-refractivity contribution in [1.29, 1.82) is 5.26 Å². The molecule has 2 aromatic rings. The molecule has 0 fully saturated rings. The van der Waals surface area contributed by atoms with Gasteiger partial charge in [-0.2, -0.15) is 10.4 Å². The van der Waals surface area contributed by atoms with Gasteiger partial charge in [0.2, 0.25) is 0 Å². The minimum atomic E-state index is -0.677. The summed E-state index contributed by atoms with van der Waals surface area (Å²) < 4.78 is 16.1. The van der Waals surface area contributed by atoms with Gasteiger partial charge in [-0.1, -0.05) is 0 Å². The van der Waals surface area contributed by atoms with E-state index in [1.165, 1.54) is 33.6 Å². The molecule has 0 aliphatic carbocycles. The van der Waals surface area contributed by atoms with Crippen molar-refractivity contribution < 1.29 is 23.8 Å². The summed E-state index contributed by atoms with van der Waals surface area (Å²) in [6.07, 6.45) is 2.61. The lowest BCUT2D eigenvalue weighted by molar-refractivity contribution is 0.0601. The monoisotopic (exact) mass is 402 g/mol. The summed E-state index contributed by atoms with van der Waals surface area (Å²) in [4.78, 5) is 28.2. The molecule has 0 aromatic carbocycles. The number of rotatable bonds is 8. The molecule has 0 aliphatic heterocycles. The molecule has 1 atom stereocenters. The Hall–Kier alpha value is -3.65. The molecule has 0 radical (unpaired) electrons. The number of amides is 1. The van der Waals surface area contributed by atoms with Crippen LogP contribution in [0.5, 0.6) is 0 Å². The van der Waals surface area contributed by atoms with Gasteiger partial charge in [0, 0.05) is 32.5 Å². The molecule has 11 heteroatoms. The summed E-state index contributed by atoms with van der Waals surface area (Å²) in [7, 11) is 5.72. The number of aryl methyl sites for hydroxylation is 1. The molecule has 0 unspecified atom stereocenters. The first-order chi connectivity index (χ1) is 13.9. The first-order valence-electron chi connectivity index (χ1n) is 8.53. The Kier molecular flexibility index (Phi) is 7.50. The van der Waals surface area contributed by atoms with E-state index in [0.717, 1.165) is 0 Å². The summed E-state index contributed by atoms with van der Waals surface area (Å²) in [5, 5.41) is 19.3. The molecule has 0 aliphatic rings. The van der Waals surface area contributed by atoms with E-state index in [1.807, 2.05) is 6.07 Å². The summed E-state index contributed by atoms with van der Waals surface area (Å²) in [5.74, 6) is -0.343. The van der Waals surface area contributed by atoms with Crippen LogP contribution >= 0.6 is 0 Å². The molecular weight excluding hydrogens is 380 g/mol. The second-order valence-electron chi connectivity index (χ2n) is 5.95. The number of nitriles is 1. The minimum Gasteiger partial charge on any atom is -0.465 e. The number of carbonyl (C=O) groups is 2. The maximum absolute atomic E-state index is 12.3. The van der Waals surface area contributed by atoms with Crippen molar-refractivity contribution in [2.24, 2.45) is 7.05 Å². The first kappa shape index (κ1) is 21.6. The molecule has 2 aromatic heterocycles. The van der Waals surface area contributed by atoms with Crippen LogP contribution in [0.15, 0.2) is 18.5 Å². The van der Waals surface area contributed by atoms with Crippen molar-refractivity contribution >= 4 is 17.9 Å². The number of pyridine rings is 1. The lowest BCUT2D eigenvalue weighted by atomic mass is 10.0. The molecule has 0 bridgehead atoms. The molecule has 2 heterocycles. The van der Waals surface area contributed by atoms with E-state index in [2.05, 4.69) is 25.5 Å². The van der Waals surface area contributed by atoms with Crippen molar-refractivity contribution in [3.8, 4) is 17.3 Å². The number of ether oxygens (including phenoxy) is 3. The third kappa shape index (κ3) is 5.43. The van der Waals surface area contributed by atoms with Crippen molar-refractivity contribution in [2.45, 2.75) is 6.04 Å². The number of alkyl carbamates (subject to hydrolysis) is 1. The van der Waals surface area contributed by atoms with Crippen LogP contribution in [0.2, 0.25) is 0 Å². The van der Waals surface area contributed by atoms with E-state index in [0.29, 0.717) is 11.4 Å². The zero-order valence-corrected chi connectivity index (χ0v) is 16.6. The Morgan fingerprint density at radius 3 is 2.62 bits per heavy atom. The standard InChI is InChI=1S/C18H22N6O5/c1-24-9-12(7-21-24)16-15(17(25)28-3)11(6-19)5-14(23-16)20-8-13(10-27-2)22-18(26)29-4/h5,7,9,13H,8,10H2,1-4H3,(H,20,23)(H,22,26)/t13-/m1/s1. The minimum absolute atomic E-state index is 0.0506. The van der Waals surface area contributed by atoms with Gasteiger partial charge in [-0.05, 0) is 6.07 Å². The average molecular weight is 402 g/mol. The lowest BCUT2D eigenvalue weighted by Crippen LogP contribution is -2.42. The highest BCUT2D eigenvalue weighted by Gasteiger charge is 2.23. The van der Waals surface area contributed by atoms with E-state index in [4.69, 9.17) is 9.47 Å². The maximum Gasteiger partial charge on any atom is 0.407 e. The van der Waals surface area contributed by atoms with Crippen LogP contribution in [0.1, 0.15) is 15.9 Å². The predicted molar refractivity (Wildman–Crippen MR) is 102 cm³/mol. The van der Waals surface area contributed by atoms with Crippen molar-refractivity contribution in [1.82, 2.24) is 20.1 Å². The summed E-state index contributed by atoms with van der Waals surface area (Å²) in [6.45, 7) is 0.466. The number of esters is 1. The van der Waals surface area contributed by atoms with Crippen LogP contribution < -0.4 is 10.6 Å². The predicted octanol–water partition coefficient (Wildman–Crippen LogP) is 0.923. The summed E-state index contributed by atoms with van der Waals surface area (Å²) >= 11 is 0. The van der Waals surface area contributed by atoms with E-state index in [9.17, 15) is 14.9 Å². The number of carbonyl (C=O) groups excluding carboxylic acids is 2. The van der Waals surface area contributed by atoms with Crippen LogP contribution in [-0.4, -0.2) is 67.3 Å². The van der Waals surface area contributed by atoms with E-state index in [1.54, 1.807) is 17.9 Å². The van der Waals surface area contributed by atoms with Crippen molar-refractivity contribution in [2.75, 3.05) is 39.8 Å². The molecule has 1 amide bonds. The van der Waals surface area contributed by atoms with Crippen LogP contribution in [-0.2, 0) is 21.3 Å². The number of methoxy groups -OCH3 is 3. The Morgan fingerprint density at radius 2 is 2.07 bits per heavy atom. The number of hydrogen-bond donors (Lipinski definition) is 2. The van der Waals surface area contributed by atoms with Crippen LogP contribution in [0.4, 0.5) is 10.6 Å². The molecule has 2 N–H and O–H groups in total. The van der Waals surface area contributed by atoms with Crippen LogP contribution in [0.3, 0.4) is 0 Å². The Labute approximate surface area is 167 Å². The topological polar surface area (TPSA) is 140 Å². The molecule has 29 heavy (non-hydrogen) atoms. The summed E-state index contributed by atoms with van der Waals surface area (Å²) in [5.41, 5.74) is 0.956. The van der Waals surface area contributed by atoms with Gasteiger partial charge in [0.25, 0.3) is 0 Å². The maximum atomic E-state index is 12.3. The highest BCUT2D eigenvalue weighted by atomic mass is 16.5. The van der Waals surface area contributed by atoms with Gasteiger partial charge in [0.1, 0.15) is 17.5 Å². The van der Waals surface area contributed by atoms with Crippen LogP contribution in [0, 0.1) is 11.3 Å². The average Bonchev–Trinajstić information content (AvgIpc) is 3.16. The number of anilines is 1. The molecule has 0 saturated carbocycles. The molecule has 0 saturated heterocycles. The highest BCUT2D eigenvalue weighted by Crippen LogP contribution is 2.27. The zero-order chi connectivity index (χ0) is 21.4. The lowest BCUT2D eigenvalue weighted by Gasteiger charge is -2.19. The summed E-state index contributed by atoms with van der Waals surface area (Å²) in [6, 6.07) is 3.02. The Balaban J connectivity index is 2.39. The highest BCUT2D eigenvalue weighted by molar-refractivity contribution is 5.99. The number of hydrogen-bond acceptors (Lipinski definition) is 9. The smallest absolute Gasteiger partial charge is 0.407 e.